The van der Waals surface area contributed by atoms with Crippen LogP contribution >= 0.6 is 47.0 Å². The van der Waals surface area contributed by atoms with Gasteiger partial charge in [-0.2, -0.15) is 5.10 Å². The Balaban J connectivity index is 1.67. The number of thiocarbonyl (C=S) groups is 1. The zero-order valence-electron chi connectivity index (χ0n) is 13.8. The Kier molecular flexibility index (Phi) is 6.04. The van der Waals surface area contributed by atoms with Gasteiger partial charge in [0.1, 0.15) is 5.02 Å². The lowest BCUT2D eigenvalue weighted by molar-refractivity contribution is 0.690. The van der Waals surface area contributed by atoms with Crippen LogP contribution in [0.1, 0.15) is 11.1 Å². The molecule has 8 heteroatoms. The van der Waals surface area contributed by atoms with E-state index in [0.29, 0.717) is 32.5 Å². The molecule has 0 spiro atoms. The van der Waals surface area contributed by atoms with Crippen LogP contribution in [0, 0.1) is 6.92 Å². The summed E-state index contributed by atoms with van der Waals surface area (Å²) >= 11 is 23.6. The minimum Gasteiger partial charge on any atom is -0.332 e. The molecule has 4 nitrogen and oxygen atoms in total. The number of aryl methyl sites for hydroxylation is 1. The lowest BCUT2D eigenvalue weighted by Crippen LogP contribution is -2.19. The Hall–Kier alpha value is -1.79. The van der Waals surface area contributed by atoms with Crippen LogP contribution in [0.15, 0.2) is 48.7 Å². The zero-order chi connectivity index (χ0) is 18.7. The molecule has 0 aliphatic heterocycles. The summed E-state index contributed by atoms with van der Waals surface area (Å²) in [5.74, 6) is 0.483. The normalized spacial score (nSPS) is 10.6. The average molecular weight is 426 g/mol. The zero-order valence-corrected chi connectivity index (χ0v) is 16.8. The quantitative estimate of drug-likeness (QED) is 0.502. The maximum Gasteiger partial charge on any atom is 0.176 e. The van der Waals surface area contributed by atoms with E-state index >= 15 is 0 Å². The van der Waals surface area contributed by atoms with Gasteiger partial charge in [0.15, 0.2) is 10.9 Å². The lowest BCUT2D eigenvalue weighted by atomic mass is 10.2. The topological polar surface area (TPSA) is 41.9 Å². The van der Waals surface area contributed by atoms with Crippen LogP contribution in [0.2, 0.25) is 15.1 Å². The molecule has 2 aromatic carbocycles. The van der Waals surface area contributed by atoms with Crippen molar-refractivity contribution in [1.29, 1.82) is 0 Å². The van der Waals surface area contributed by atoms with Gasteiger partial charge in [0.25, 0.3) is 0 Å². The van der Waals surface area contributed by atoms with Gasteiger partial charge in [-0.3, -0.25) is 4.68 Å². The van der Waals surface area contributed by atoms with Gasteiger partial charge in [0, 0.05) is 11.9 Å². The summed E-state index contributed by atoms with van der Waals surface area (Å²) in [7, 11) is 0. The van der Waals surface area contributed by atoms with Gasteiger partial charge in [-0.15, -0.1) is 0 Å². The van der Waals surface area contributed by atoms with Crippen LogP contribution in [-0.4, -0.2) is 14.9 Å². The summed E-state index contributed by atoms with van der Waals surface area (Å²) in [4.78, 5) is 0. The minimum atomic E-state index is 0.414. The van der Waals surface area contributed by atoms with Crippen LogP contribution in [0.5, 0.6) is 0 Å². The van der Waals surface area contributed by atoms with E-state index in [1.807, 2.05) is 37.3 Å². The average Bonchev–Trinajstić information content (AvgIpc) is 2.90. The standard InChI is InChI=1S/C18H15Cl3N4S/c1-11-3-2-4-13(7-11)22-18(26)23-17-16(21)10-25(24-17)9-12-5-6-14(19)15(20)8-12/h2-8,10H,9H2,1H3,(H2,22,23,24,26). The number of nitrogens with one attached hydrogen (secondary N) is 2. The van der Waals surface area contributed by atoms with Crippen molar-refractivity contribution in [3.63, 3.8) is 0 Å². The number of hydrogen-bond donors (Lipinski definition) is 2. The molecular formula is C18H15Cl3N4S. The molecule has 2 N–H and O–H groups in total. The second-order valence-corrected chi connectivity index (χ2v) is 7.35. The Morgan fingerprint density at radius 1 is 1.04 bits per heavy atom. The first-order valence-corrected chi connectivity index (χ1v) is 9.26. The molecule has 0 saturated heterocycles. The molecule has 0 amide bonds. The molecule has 0 saturated carbocycles. The molecule has 3 rings (SSSR count). The van der Waals surface area contributed by atoms with E-state index in [0.717, 1.165) is 16.8 Å². The van der Waals surface area contributed by atoms with E-state index in [1.165, 1.54) is 0 Å². The van der Waals surface area contributed by atoms with E-state index < -0.39 is 0 Å². The van der Waals surface area contributed by atoms with Crippen LogP contribution in [-0.2, 0) is 6.54 Å². The molecule has 1 heterocycles. The first kappa shape index (κ1) is 19.0. The smallest absolute Gasteiger partial charge is 0.176 e. The summed E-state index contributed by atoms with van der Waals surface area (Å²) in [6, 6.07) is 13.4. The molecule has 0 aliphatic carbocycles. The van der Waals surface area contributed by atoms with Gasteiger partial charge in [-0.1, -0.05) is 53.0 Å². The van der Waals surface area contributed by atoms with Crippen molar-refractivity contribution in [2.75, 3.05) is 10.6 Å². The third-order valence-electron chi connectivity index (χ3n) is 3.55. The van der Waals surface area contributed by atoms with Crippen molar-refractivity contribution >= 4 is 63.6 Å². The summed E-state index contributed by atoms with van der Waals surface area (Å²) < 4.78 is 1.71. The Labute approximate surface area is 172 Å². The second-order valence-electron chi connectivity index (χ2n) is 5.72. The Morgan fingerprint density at radius 2 is 1.85 bits per heavy atom. The van der Waals surface area contributed by atoms with Gasteiger partial charge in [0.05, 0.1) is 16.6 Å². The lowest BCUT2D eigenvalue weighted by Gasteiger charge is -2.09. The third-order valence-corrected chi connectivity index (χ3v) is 4.77. The van der Waals surface area contributed by atoms with Crippen molar-refractivity contribution in [2.24, 2.45) is 0 Å². The Bertz CT molecular complexity index is 955. The largest absolute Gasteiger partial charge is 0.332 e. The summed E-state index contributed by atoms with van der Waals surface area (Å²) in [6.45, 7) is 2.53. The maximum absolute atomic E-state index is 6.26. The molecule has 26 heavy (non-hydrogen) atoms. The molecule has 0 bridgehead atoms. The highest BCUT2D eigenvalue weighted by Crippen LogP contribution is 2.24. The van der Waals surface area contributed by atoms with Crippen LogP contribution in [0.3, 0.4) is 0 Å². The van der Waals surface area contributed by atoms with Crippen LogP contribution in [0.25, 0.3) is 0 Å². The SMILES string of the molecule is Cc1cccc(NC(=S)Nc2nn(Cc3ccc(Cl)c(Cl)c3)cc2Cl)c1. The van der Waals surface area contributed by atoms with E-state index in [-0.39, 0.29) is 0 Å². The predicted octanol–water partition coefficient (Wildman–Crippen LogP) is 6.01. The van der Waals surface area contributed by atoms with Crippen molar-refractivity contribution in [1.82, 2.24) is 9.78 Å². The third kappa shape index (κ3) is 4.89. The number of anilines is 2. The number of benzene rings is 2. The van der Waals surface area contributed by atoms with E-state index in [2.05, 4.69) is 15.7 Å². The molecule has 134 valence electrons. The molecular weight excluding hydrogens is 411 g/mol. The minimum absolute atomic E-state index is 0.414. The highest BCUT2D eigenvalue weighted by atomic mass is 35.5. The number of halogens is 3. The van der Waals surface area contributed by atoms with Crippen LogP contribution in [0.4, 0.5) is 11.5 Å². The number of aromatic nitrogens is 2. The van der Waals surface area contributed by atoms with Gasteiger partial charge in [-0.25, -0.2) is 0 Å². The Morgan fingerprint density at radius 3 is 2.58 bits per heavy atom. The molecule has 0 unspecified atom stereocenters. The number of rotatable bonds is 4. The molecule has 1 aromatic heterocycles. The first-order chi connectivity index (χ1) is 12.4. The first-order valence-electron chi connectivity index (χ1n) is 7.72. The number of nitrogens with zero attached hydrogens (tertiary/aromatic N) is 2. The van der Waals surface area contributed by atoms with E-state index in [1.54, 1.807) is 23.0 Å². The van der Waals surface area contributed by atoms with Crippen LogP contribution < -0.4 is 10.6 Å². The molecule has 3 aromatic rings. The summed E-state index contributed by atoms with van der Waals surface area (Å²) in [5.41, 5.74) is 3.00. The van der Waals surface area contributed by atoms with Crippen molar-refractivity contribution in [3.05, 3.63) is 74.9 Å². The fraction of sp³-hybridized carbons (Fsp3) is 0.111. The fourth-order valence-electron chi connectivity index (χ4n) is 2.38. The van der Waals surface area contributed by atoms with E-state index in [4.69, 9.17) is 47.0 Å². The summed E-state index contributed by atoms with van der Waals surface area (Å²) in [6.07, 6.45) is 1.72. The van der Waals surface area contributed by atoms with Gasteiger partial charge in [-0.05, 0) is 54.5 Å². The fourth-order valence-corrected chi connectivity index (χ4v) is 3.11. The van der Waals surface area contributed by atoms with Gasteiger partial charge >= 0.3 is 0 Å². The van der Waals surface area contributed by atoms with Gasteiger partial charge in [0.2, 0.25) is 0 Å². The van der Waals surface area contributed by atoms with Crippen molar-refractivity contribution < 1.29 is 0 Å². The van der Waals surface area contributed by atoms with Gasteiger partial charge < -0.3 is 10.6 Å². The molecule has 0 aliphatic rings. The number of hydrogen-bond acceptors (Lipinski definition) is 2. The monoisotopic (exact) mass is 424 g/mol. The van der Waals surface area contributed by atoms with Crippen molar-refractivity contribution in [2.45, 2.75) is 13.5 Å². The predicted molar refractivity (Wildman–Crippen MR) is 114 cm³/mol. The maximum atomic E-state index is 6.26. The highest BCUT2D eigenvalue weighted by Gasteiger charge is 2.10. The van der Waals surface area contributed by atoms with E-state index in [9.17, 15) is 0 Å². The summed E-state index contributed by atoms with van der Waals surface area (Å²) in [5, 5.41) is 12.5. The molecule has 0 atom stereocenters. The highest BCUT2D eigenvalue weighted by molar-refractivity contribution is 7.80. The molecule has 0 radical (unpaired) electrons. The molecule has 0 fully saturated rings. The van der Waals surface area contributed by atoms with Crippen molar-refractivity contribution in [3.8, 4) is 0 Å². The second kappa shape index (κ2) is 8.27.